The van der Waals surface area contributed by atoms with Crippen LogP contribution in [0.1, 0.15) is 50.2 Å². The van der Waals surface area contributed by atoms with Gasteiger partial charge in [0.25, 0.3) is 0 Å². The highest BCUT2D eigenvalue weighted by Crippen LogP contribution is 2.57. The van der Waals surface area contributed by atoms with Gasteiger partial charge in [-0.25, -0.2) is 0 Å². The molecule has 3 aliphatic rings. The number of rotatable bonds is 1. The molecule has 2 nitrogen and oxygen atoms in total. The molecule has 1 aromatic rings. The van der Waals surface area contributed by atoms with Crippen LogP contribution in [-0.4, -0.2) is 5.97 Å². The van der Waals surface area contributed by atoms with Gasteiger partial charge in [-0.05, 0) is 65.7 Å². The summed E-state index contributed by atoms with van der Waals surface area (Å²) in [6.07, 6.45) is 13.2. The number of ether oxygens (including phenoxy) is 1. The van der Waals surface area contributed by atoms with Crippen molar-refractivity contribution in [2.24, 2.45) is 17.3 Å². The fraction of sp³-hybridized carbons (Fsp3) is 0.450. The van der Waals surface area contributed by atoms with E-state index < -0.39 is 0 Å². The maximum atomic E-state index is 11.1. The van der Waals surface area contributed by atoms with Crippen LogP contribution in [0.2, 0.25) is 0 Å². The van der Waals surface area contributed by atoms with Crippen molar-refractivity contribution in [3.63, 3.8) is 0 Å². The molecule has 0 spiro atoms. The van der Waals surface area contributed by atoms with Crippen molar-refractivity contribution in [3.8, 4) is 5.75 Å². The maximum Gasteiger partial charge on any atom is 0.308 e. The quantitative estimate of drug-likeness (QED) is 0.426. The Hall–Kier alpha value is -1.83. The minimum absolute atomic E-state index is 0.261. The molecule has 4 rings (SSSR count). The van der Waals surface area contributed by atoms with Crippen molar-refractivity contribution in [1.29, 1.82) is 0 Å². The molecule has 1 fully saturated rings. The van der Waals surface area contributed by atoms with Crippen LogP contribution in [0, 0.1) is 17.3 Å². The third kappa shape index (κ3) is 2.05. The molecule has 3 aliphatic carbocycles. The Kier molecular flexibility index (Phi) is 3.04. The molecule has 22 heavy (non-hydrogen) atoms. The first-order valence-electron chi connectivity index (χ1n) is 8.25. The van der Waals surface area contributed by atoms with E-state index >= 15 is 0 Å². The zero-order valence-corrected chi connectivity index (χ0v) is 13.2. The van der Waals surface area contributed by atoms with E-state index in [9.17, 15) is 4.79 Å². The summed E-state index contributed by atoms with van der Waals surface area (Å²) < 4.78 is 5.22. The summed E-state index contributed by atoms with van der Waals surface area (Å²) in [7, 11) is 0. The van der Waals surface area contributed by atoms with E-state index in [2.05, 4.69) is 37.3 Å². The first kappa shape index (κ1) is 13.8. The number of hydrogen-bond acceptors (Lipinski definition) is 2. The summed E-state index contributed by atoms with van der Waals surface area (Å²) in [5, 5.41) is 0. The van der Waals surface area contributed by atoms with Gasteiger partial charge in [0, 0.05) is 6.92 Å². The molecular formula is C20H22O2. The summed E-state index contributed by atoms with van der Waals surface area (Å²) in [4.78, 5) is 11.1. The summed E-state index contributed by atoms with van der Waals surface area (Å²) in [6.45, 7) is 3.87. The third-order valence-electron chi connectivity index (χ3n) is 5.88. The molecule has 0 aliphatic heterocycles. The van der Waals surface area contributed by atoms with E-state index in [1.54, 1.807) is 0 Å². The fourth-order valence-corrected chi connectivity index (χ4v) is 4.79. The van der Waals surface area contributed by atoms with Crippen molar-refractivity contribution in [1.82, 2.24) is 0 Å². The van der Waals surface area contributed by atoms with Crippen molar-refractivity contribution in [2.45, 2.75) is 39.0 Å². The zero-order chi connectivity index (χ0) is 15.3. The highest BCUT2D eigenvalue weighted by molar-refractivity contribution is 5.70. The van der Waals surface area contributed by atoms with Crippen molar-refractivity contribution < 1.29 is 9.53 Å². The van der Waals surface area contributed by atoms with Gasteiger partial charge in [-0.1, -0.05) is 37.3 Å². The highest BCUT2D eigenvalue weighted by Gasteiger charge is 2.47. The van der Waals surface area contributed by atoms with Crippen LogP contribution in [0.4, 0.5) is 0 Å². The summed E-state index contributed by atoms with van der Waals surface area (Å²) in [5.41, 5.74) is 3.03. The van der Waals surface area contributed by atoms with Crippen LogP contribution < -0.4 is 4.74 Å². The Labute approximate surface area is 131 Å². The second kappa shape index (κ2) is 4.84. The molecule has 2 heteroatoms. The fourth-order valence-electron chi connectivity index (χ4n) is 4.79. The van der Waals surface area contributed by atoms with Crippen LogP contribution >= 0.6 is 0 Å². The van der Waals surface area contributed by atoms with E-state index in [0.29, 0.717) is 23.0 Å². The van der Waals surface area contributed by atoms with Crippen LogP contribution in [0.15, 0.2) is 36.4 Å². The van der Waals surface area contributed by atoms with Gasteiger partial charge in [0.15, 0.2) is 0 Å². The van der Waals surface area contributed by atoms with E-state index in [1.165, 1.54) is 37.3 Å². The average molecular weight is 294 g/mol. The number of hydrogen-bond donors (Lipinski definition) is 0. The Morgan fingerprint density at radius 3 is 3.05 bits per heavy atom. The van der Waals surface area contributed by atoms with Gasteiger partial charge < -0.3 is 4.74 Å². The average Bonchev–Trinajstić information content (AvgIpc) is 2.88. The molecule has 0 radical (unpaired) electrons. The summed E-state index contributed by atoms with van der Waals surface area (Å²) >= 11 is 0. The number of carbonyl (C=O) groups excluding carboxylic acids is 1. The van der Waals surface area contributed by atoms with Crippen molar-refractivity contribution in [3.05, 3.63) is 47.6 Å². The van der Waals surface area contributed by atoms with Gasteiger partial charge in [0.2, 0.25) is 0 Å². The molecule has 4 atom stereocenters. The normalized spacial score (nSPS) is 34.7. The van der Waals surface area contributed by atoms with Crippen LogP contribution in [0.5, 0.6) is 5.75 Å². The lowest BCUT2D eigenvalue weighted by atomic mass is 9.57. The largest absolute Gasteiger partial charge is 0.427 e. The predicted octanol–water partition coefficient (Wildman–Crippen LogP) is 4.71. The Morgan fingerprint density at radius 2 is 2.23 bits per heavy atom. The number of allylic oxidation sites excluding steroid dienone is 3. The topological polar surface area (TPSA) is 26.3 Å². The molecular weight excluding hydrogens is 272 g/mol. The van der Waals surface area contributed by atoms with Gasteiger partial charge in [-0.3, -0.25) is 4.79 Å². The van der Waals surface area contributed by atoms with Crippen LogP contribution in [0.25, 0.3) is 6.08 Å². The highest BCUT2D eigenvalue weighted by atomic mass is 16.5. The molecule has 1 saturated carbocycles. The molecule has 0 bridgehead atoms. The predicted molar refractivity (Wildman–Crippen MR) is 87.6 cm³/mol. The number of carbonyl (C=O) groups is 1. The van der Waals surface area contributed by atoms with Crippen molar-refractivity contribution in [2.75, 3.05) is 0 Å². The minimum atomic E-state index is -0.261. The van der Waals surface area contributed by atoms with Gasteiger partial charge in [-0.15, -0.1) is 0 Å². The van der Waals surface area contributed by atoms with Gasteiger partial charge >= 0.3 is 5.97 Å². The molecule has 114 valence electrons. The number of esters is 1. The summed E-state index contributed by atoms with van der Waals surface area (Å²) in [6, 6.07) is 6.11. The van der Waals surface area contributed by atoms with E-state index in [-0.39, 0.29) is 5.97 Å². The molecule has 0 amide bonds. The zero-order valence-electron chi connectivity index (χ0n) is 13.2. The molecule has 1 aromatic carbocycles. The molecule has 0 N–H and O–H groups in total. The standard InChI is InChI=1S/C20H22O2/c1-13(21)22-15-6-8-16-14(12-15)5-7-18-17(16)9-11-20(2)10-3-4-19(18)20/h3,5-8,10,12,17-19H,4,9,11H2,1-2H3/t17?,18?,19?,20-/m0/s1. The molecule has 0 aromatic heterocycles. The monoisotopic (exact) mass is 294 g/mol. The molecule has 3 unspecified atom stereocenters. The third-order valence-corrected chi connectivity index (χ3v) is 5.88. The first-order valence-corrected chi connectivity index (χ1v) is 8.25. The maximum absolute atomic E-state index is 11.1. The lowest BCUT2D eigenvalue weighted by Crippen LogP contribution is -2.37. The van der Waals surface area contributed by atoms with E-state index in [1.807, 2.05) is 12.1 Å². The SMILES string of the molecule is CC(=O)Oc1ccc2c(c1)C=CC1C2CC[C@]2(C)C=CCC12. The van der Waals surface area contributed by atoms with Crippen molar-refractivity contribution >= 4 is 12.0 Å². The first-order chi connectivity index (χ1) is 10.6. The van der Waals surface area contributed by atoms with E-state index in [0.717, 1.165) is 5.92 Å². The summed E-state index contributed by atoms with van der Waals surface area (Å²) in [5.74, 6) is 2.38. The van der Waals surface area contributed by atoms with E-state index in [4.69, 9.17) is 4.74 Å². The minimum Gasteiger partial charge on any atom is -0.427 e. The number of benzene rings is 1. The Morgan fingerprint density at radius 1 is 1.36 bits per heavy atom. The second-order valence-electron chi connectivity index (χ2n) is 7.22. The smallest absolute Gasteiger partial charge is 0.308 e. The van der Waals surface area contributed by atoms with Gasteiger partial charge in [0.1, 0.15) is 5.75 Å². The molecule has 0 heterocycles. The lowest BCUT2D eigenvalue weighted by molar-refractivity contribution is -0.131. The Bertz CT molecular complexity index is 685. The second-order valence-corrected chi connectivity index (χ2v) is 7.22. The van der Waals surface area contributed by atoms with Crippen LogP contribution in [0.3, 0.4) is 0 Å². The van der Waals surface area contributed by atoms with Crippen LogP contribution in [-0.2, 0) is 4.79 Å². The van der Waals surface area contributed by atoms with Gasteiger partial charge in [-0.2, -0.15) is 0 Å². The molecule has 0 saturated heterocycles. The Balaban J connectivity index is 1.67. The number of fused-ring (bicyclic) bond motifs is 5. The lowest BCUT2D eigenvalue weighted by Gasteiger charge is -2.47. The van der Waals surface area contributed by atoms with Gasteiger partial charge in [0.05, 0.1) is 0 Å².